The first kappa shape index (κ1) is 14.2. The lowest BCUT2D eigenvalue weighted by molar-refractivity contribution is -0.0852. The highest BCUT2D eigenvalue weighted by Gasteiger charge is 2.15. The molecule has 1 unspecified atom stereocenters. The van der Waals surface area contributed by atoms with E-state index in [9.17, 15) is 9.59 Å². The van der Waals surface area contributed by atoms with Gasteiger partial charge in [-0.3, -0.25) is 0 Å². The molecule has 108 valence electrons. The van der Waals surface area contributed by atoms with Gasteiger partial charge in [-0.2, -0.15) is 0 Å². The van der Waals surface area contributed by atoms with Crippen molar-refractivity contribution in [2.45, 2.75) is 6.10 Å². The topological polar surface area (TPSA) is 110 Å². The molecule has 8 nitrogen and oxygen atoms in total. The average molecular weight is 281 g/mol. The fourth-order valence-electron chi connectivity index (χ4n) is 1.63. The minimum absolute atomic E-state index is 0.0799. The van der Waals surface area contributed by atoms with Gasteiger partial charge in [0, 0.05) is 6.54 Å². The number of nitrogens with one attached hydrogen (secondary N) is 2. The normalized spacial score (nSPS) is 18.3. The number of rotatable bonds is 4. The van der Waals surface area contributed by atoms with E-state index < -0.39 is 12.0 Å². The van der Waals surface area contributed by atoms with Crippen molar-refractivity contribution in [1.82, 2.24) is 10.3 Å². The Hall–Kier alpha value is -2.19. The first-order chi connectivity index (χ1) is 9.65. The average Bonchev–Trinajstić information content (AvgIpc) is 2.47. The van der Waals surface area contributed by atoms with Gasteiger partial charge >= 0.3 is 12.0 Å². The number of carboxylic acid groups (broad SMARTS) is 1. The fourth-order valence-corrected chi connectivity index (χ4v) is 1.63. The molecule has 20 heavy (non-hydrogen) atoms. The largest absolute Gasteiger partial charge is 0.477 e. The summed E-state index contributed by atoms with van der Waals surface area (Å²) in [6.07, 6.45) is 1.13. The highest BCUT2D eigenvalue weighted by atomic mass is 16.6. The van der Waals surface area contributed by atoms with Gasteiger partial charge in [0.15, 0.2) is 0 Å². The van der Waals surface area contributed by atoms with E-state index in [0.29, 0.717) is 32.1 Å². The van der Waals surface area contributed by atoms with Crippen LogP contribution in [-0.2, 0) is 9.47 Å². The second-order valence-corrected chi connectivity index (χ2v) is 4.14. The lowest BCUT2D eigenvalue weighted by Crippen LogP contribution is -2.41. The Morgan fingerprint density at radius 1 is 1.40 bits per heavy atom. The van der Waals surface area contributed by atoms with Crippen LogP contribution in [0.3, 0.4) is 0 Å². The summed E-state index contributed by atoms with van der Waals surface area (Å²) in [7, 11) is 0. The van der Waals surface area contributed by atoms with E-state index in [2.05, 4.69) is 15.6 Å². The Kier molecular flexibility index (Phi) is 4.85. The Labute approximate surface area is 115 Å². The van der Waals surface area contributed by atoms with Crippen molar-refractivity contribution in [2.75, 3.05) is 31.7 Å². The number of pyridine rings is 1. The summed E-state index contributed by atoms with van der Waals surface area (Å²) in [5.41, 5.74) is 0.331. The number of carboxylic acids is 1. The standard InChI is InChI=1S/C12H15N3O5/c16-11(17)10-2-1-8(5-13-10)15-12(18)14-6-9-7-19-3-4-20-9/h1-2,5,9H,3-4,6-7H2,(H,16,17)(H2,14,15,18). The highest BCUT2D eigenvalue weighted by Crippen LogP contribution is 2.06. The van der Waals surface area contributed by atoms with Crippen molar-refractivity contribution in [1.29, 1.82) is 0 Å². The number of carbonyl (C=O) groups is 2. The lowest BCUT2D eigenvalue weighted by atomic mass is 10.3. The Bertz CT molecular complexity index is 470. The Morgan fingerprint density at radius 3 is 2.85 bits per heavy atom. The molecule has 1 fully saturated rings. The van der Waals surface area contributed by atoms with Crippen LogP contribution in [0.2, 0.25) is 0 Å². The maximum Gasteiger partial charge on any atom is 0.354 e. The van der Waals surface area contributed by atoms with Crippen molar-refractivity contribution in [3.8, 4) is 0 Å². The first-order valence-corrected chi connectivity index (χ1v) is 6.08. The van der Waals surface area contributed by atoms with E-state index >= 15 is 0 Å². The molecule has 1 aromatic heterocycles. The van der Waals surface area contributed by atoms with E-state index in [1.54, 1.807) is 0 Å². The molecule has 2 amide bonds. The molecule has 0 radical (unpaired) electrons. The van der Waals surface area contributed by atoms with Crippen molar-refractivity contribution in [2.24, 2.45) is 0 Å². The van der Waals surface area contributed by atoms with Crippen molar-refractivity contribution < 1.29 is 24.2 Å². The molecular weight excluding hydrogens is 266 g/mol. The van der Waals surface area contributed by atoms with Gasteiger partial charge in [0.1, 0.15) is 5.69 Å². The molecule has 1 atom stereocenters. The van der Waals surface area contributed by atoms with E-state index in [-0.39, 0.29) is 11.8 Å². The molecule has 0 bridgehead atoms. The molecule has 0 spiro atoms. The first-order valence-electron chi connectivity index (χ1n) is 6.08. The molecule has 1 saturated heterocycles. The van der Waals surface area contributed by atoms with Gasteiger partial charge in [0.05, 0.1) is 37.8 Å². The summed E-state index contributed by atoms with van der Waals surface area (Å²) >= 11 is 0. The summed E-state index contributed by atoms with van der Waals surface area (Å²) in [5, 5.41) is 13.9. The van der Waals surface area contributed by atoms with Gasteiger partial charge in [-0.1, -0.05) is 0 Å². The summed E-state index contributed by atoms with van der Waals surface area (Å²) in [5.74, 6) is -1.12. The van der Waals surface area contributed by atoms with Crippen LogP contribution in [0.5, 0.6) is 0 Å². The van der Waals surface area contributed by atoms with Crippen LogP contribution < -0.4 is 10.6 Å². The number of amides is 2. The molecular formula is C12H15N3O5. The number of aromatic carboxylic acids is 1. The van der Waals surface area contributed by atoms with Gasteiger partial charge in [-0.05, 0) is 12.1 Å². The van der Waals surface area contributed by atoms with E-state index in [4.69, 9.17) is 14.6 Å². The Morgan fingerprint density at radius 2 is 2.25 bits per heavy atom. The van der Waals surface area contributed by atoms with Gasteiger partial charge in [0.2, 0.25) is 0 Å². The molecule has 0 aromatic carbocycles. The molecule has 8 heteroatoms. The number of nitrogens with zero attached hydrogens (tertiary/aromatic N) is 1. The molecule has 1 aromatic rings. The van der Waals surface area contributed by atoms with Crippen molar-refractivity contribution >= 4 is 17.7 Å². The second kappa shape index (κ2) is 6.83. The van der Waals surface area contributed by atoms with Crippen molar-refractivity contribution in [3.05, 3.63) is 24.0 Å². The van der Waals surface area contributed by atoms with Gasteiger partial charge in [0.25, 0.3) is 0 Å². The zero-order valence-electron chi connectivity index (χ0n) is 10.7. The number of ether oxygens (including phenoxy) is 2. The number of aromatic nitrogens is 1. The van der Waals surface area contributed by atoms with Crippen LogP contribution >= 0.6 is 0 Å². The lowest BCUT2D eigenvalue weighted by Gasteiger charge is -2.23. The maximum absolute atomic E-state index is 11.6. The monoisotopic (exact) mass is 281 g/mol. The molecule has 0 saturated carbocycles. The molecule has 0 aliphatic carbocycles. The molecule has 3 N–H and O–H groups in total. The van der Waals surface area contributed by atoms with E-state index in [0.717, 1.165) is 0 Å². The number of anilines is 1. The fraction of sp³-hybridized carbons (Fsp3) is 0.417. The third kappa shape index (κ3) is 4.18. The minimum Gasteiger partial charge on any atom is -0.477 e. The predicted octanol–water partition coefficient (Wildman–Crippen LogP) is 0.317. The quantitative estimate of drug-likeness (QED) is 0.733. The van der Waals surface area contributed by atoms with Crippen LogP contribution in [0.1, 0.15) is 10.5 Å². The smallest absolute Gasteiger partial charge is 0.354 e. The van der Waals surface area contributed by atoms with Crippen LogP contribution in [0.25, 0.3) is 0 Å². The van der Waals surface area contributed by atoms with Crippen molar-refractivity contribution in [3.63, 3.8) is 0 Å². The van der Waals surface area contributed by atoms with Gasteiger partial charge < -0.3 is 25.2 Å². The van der Waals surface area contributed by atoms with E-state index in [1.807, 2.05) is 0 Å². The molecule has 1 aliphatic rings. The Balaban J connectivity index is 1.77. The third-order valence-electron chi connectivity index (χ3n) is 2.62. The van der Waals surface area contributed by atoms with Gasteiger partial charge in [-0.15, -0.1) is 0 Å². The summed E-state index contributed by atoms with van der Waals surface area (Å²) < 4.78 is 10.6. The summed E-state index contributed by atoms with van der Waals surface area (Å²) in [6.45, 7) is 1.89. The second-order valence-electron chi connectivity index (χ2n) is 4.14. The minimum atomic E-state index is -1.12. The summed E-state index contributed by atoms with van der Waals surface area (Å²) in [6, 6.07) is 2.37. The van der Waals surface area contributed by atoms with Crippen LogP contribution in [-0.4, -0.2) is 54.6 Å². The SMILES string of the molecule is O=C(NCC1COCCO1)Nc1ccc(C(=O)O)nc1. The van der Waals surface area contributed by atoms with Crippen LogP contribution in [0, 0.1) is 0 Å². The zero-order chi connectivity index (χ0) is 14.4. The maximum atomic E-state index is 11.6. The number of hydrogen-bond acceptors (Lipinski definition) is 5. The highest BCUT2D eigenvalue weighted by molar-refractivity contribution is 5.90. The number of hydrogen-bond donors (Lipinski definition) is 3. The van der Waals surface area contributed by atoms with Gasteiger partial charge in [-0.25, -0.2) is 14.6 Å². The number of urea groups is 1. The number of carbonyl (C=O) groups excluding carboxylic acids is 1. The molecule has 2 heterocycles. The van der Waals surface area contributed by atoms with Crippen LogP contribution in [0.4, 0.5) is 10.5 Å². The third-order valence-corrected chi connectivity index (χ3v) is 2.62. The van der Waals surface area contributed by atoms with Crippen LogP contribution in [0.15, 0.2) is 18.3 Å². The zero-order valence-corrected chi connectivity index (χ0v) is 10.7. The van der Waals surface area contributed by atoms with E-state index in [1.165, 1.54) is 18.3 Å². The predicted molar refractivity (Wildman–Crippen MR) is 68.8 cm³/mol. The molecule has 2 rings (SSSR count). The molecule has 1 aliphatic heterocycles. The summed E-state index contributed by atoms with van der Waals surface area (Å²) in [4.78, 5) is 25.9.